The molecule has 23 heavy (non-hydrogen) atoms. The molecular formula is C15H16F3NO4. The van der Waals surface area contributed by atoms with Gasteiger partial charge in [0.2, 0.25) is 0 Å². The molecule has 0 aliphatic carbocycles. The number of amides is 1. The highest BCUT2D eigenvalue weighted by Gasteiger charge is 2.51. The molecule has 126 valence electrons. The number of piperidine rings is 1. The maximum absolute atomic E-state index is 13.0. The molecular weight excluding hydrogens is 315 g/mol. The highest BCUT2D eigenvalue weighted by molar-refractivity contribution is 5.72. The van der Waals surface area contributed by atoms with Crippen LogP contribution < -0.4 is 0 Å². The zero-order valence-electron chi connectivity index (χ0n) is 12.1. The van der Waals surface area contributed by atoms with Crippen LogP contribution >= 0.6 is 0 Å². The number of ether oxygens (including phenoxy) is 1. The molecule has 1 aliphatic rings. The van der Waals surface area contributed by atoms with Crippen LogP contribution in [-0.4, -0.2) is 41.3 Å². The largest absolute Gasteiger partial charge is 0.481 e. The Labute approximate surface area is 130 Å². The molecule has 2 atom stereocenters. The number of halogens is 3. The van der Waals surface area contributed by atoms with Gasteiger partial charge in [0.05, 0.1) is 11.8 Å². The molecule has 1 saturated heterocycles. The molecule has 5 nitrogen and oxygen atoms in total. The Hall–Kier alpha value is -2.25. The number of rotatable bonds is 3. The number of carbonyl (C=O) groups is 2. The molecule has 1 aromatic rings. The Balaban J connectivity index is 1.98. The van der Waals surface area contributed by atoms with Crippen molar-refractivity contribution in [3.8, 4) is 0 Å². The molecule has 1 aromatic carbocycles. The first-order valence-corrected chi connectivity index (χ1v) is 7.04. The number of carbonyl (C=O) groups excluding carboxylic acids is 1. The molecule has 2 rings (SSSR count). The lowest BCUT2D eigenvalue weighted by atomic mass is 9.85. The molecule has 1 heterocycles. The Morgan fingerprint density at radius 3 is 2.48 bits per heavy atom. The van der Waals surface area contributed by atoms with Crippen molar-refractivity contribution in [2.45, 2.75) is 19.2 Å². The lowest BCUT2D eigenvalue weighted by molar-refractivity contribution is -0.206. The van der Waals surface area contributed by atoms with E-state index in [4.69, 9.17) is 9.84 Å². The Morgan fingerprint density at radius 1 is 1.26 bits per heavy atom. The number of hydrogen-bond acceptors (Lipinski definition) is 3. The van der Waals surface area contributed by atoms with E-state index in [1.807, 2.05) is 0 Å². The third-order valence-corrected chi connectivity index (χ3v) is 3.81. The van der Waals surface area contributed by atoms with Crippen LogP contribution in [0.1, 0.15) is 12.0 Å². The minimum Gasteiger partial charge on any atom is -0.481 e. The van der Waals surface area contributed by atoms with E-state index in [1.165, 1.54) is 0 Å². The second-order valence-corrected chi connectivity index (χ2v) is 5.37. The van der Waals surface area contributed by atoms with E-state index >= 15 is 0 Å². The van der Waals surface area contributed by atoms with Gasteiger partial charge in [-0.25, -0.2) is 4.79 Å². The van der Waals surface area contributed by atoms with Crippen LogP contribution in [-0.2, 0) is 16.1 Å². The lowest BCUT2D eigenvalue weighted by Gasteiger charge is -2.36. The minimum absolute atomic E-state index is 0.0464. The summed E-state index contributed by atoms with van der Waals surface area (Å²) in [5, 5.41) is 8.91. The fourth-order valence-electron chi connectivity index (χ4n) is 2.56. The zero-order valence-corrected chi connectivity index (χ0v) is 12.1. The van der Waals surface area contributed by atoms with E-state index in [1.54, 1.807) is 30.3 Å². The fraction of sp³-hybridized carbons (Fsp3) is 0.467. The first-order chi connectivity index (χ1) is 10.8. The van der Waals surface area contributed by atoms with Crippen LogP contribution in [0.15, 0.2) is 30.3 Å². The molecule has 8 heteroatoms. The Bertz CT molecular complexity index is 562. The molecule has 1 fully saturated rings. The normalized spacial score (nSPS) is 21.8. The second-order valence-electron chi connectivity index (χ2n) is 5.37. The standard InChI is InChI=1S/C15H16F3NO4/c16-15(17,18)12-8-19(7-6-11(12)13(20)21)14(22)23-9-10-4-2-1-3-5-10/h1-5,11-12H,6-9H2,(H,20,21)/t11-,12+/m1/s1. The number of hydrogen-bond donors (Lipinski definition) is 1. The highest BCUT2D eigenvalue weighted by Crippen LogP contribution is 2.37. The van der Waals surface area contributed by atoms with E-state index in [-0.39, 0.29) is 19.6 Å². The molecule has 1 aliphatic heterocycles. The van der Waals surface area contributed by atoms with E-state index in [9.17, 15) is 22.8 Å². The van der Waals surface area contributed by atoms with Gasteiger partial charge in [0, 0.05) is 13.1 Å². The van der Waals surface area contributed by atoms with E-state index < -0.39 is 36.6 Å². The molecule has 1 amide bonds. The van der Waals surface area contributed by atoms with Crippen LogP contribution in [0.2, 0.25) is 0 Å². The molecule has 0 saturated carbocycles. The quantitative estimate of drug-likeness (QED) is 0.925. The van der Waals surface area contributed by atoms with Crippen molar-refractivity contribution >= 4 is 12.1 Å². The Morgan fingerprint density at radius 2 is 1.91 bits per heavy atom. The average molecular weight is 331 g/mol. The van der Waals surface area contributed by atoms with Crippen molar-refractivity contribution < 1.29 is 32.6 Å². The van der Waals surface area contributed by atoms with Gasteiger partial charge in [0.15, 0.2) is 0 Å². The van der Waals surface area contributed by atoms with Gasteiger partial charge in [-0.3, -0.25) is 4.79 Å². The van der Waals surface area contributed by atoms with Gasteiger partial charge in [-0.15, -0.1) is 0 Å². The number of aliphatic carboxylic acids is 1. The van der Waals surface area contributed by atoms with Gasteiger partial charge in [0.1, 0.15) is 6.61 Å². The Kier molecular flexibility index (Phi) is 5.12. The van der Waals surface area contributed by atoms with Gasteiger partial charge in [-0.2, -0.15) is 13.2 Å². The SMILES string of the molecule is O=C(O)[C@@H]1CCN(C(=O)OCc2ccccc2)C[C@@H]1C(F)(F)F. The van der Waals surface area contributed by atoms with Crippen LogP contribution in [0.4, 0.5) is 18.0 Å². The highest BCUT2D eigenvalue weighted by atomic mass is 19.4. The number of nitrogens with zero attached hydrogens (tertiary/aromatic N) is 1. The van der Waals surface area contributed by atoms with Crippen molar-refractivity contribution in [1.29, 1.82) is 0 Å². The smallest absolute Gasteiger partial charge is 0.410 e. The summed E-state index contributed by atoms with van der Waals surface area (Å²) >= 11 is 0. The molecule has 0 bridgehead atoms. The summed E-state index contributed by atoms with van der Waals surface area (Å²) in [6, 6.07) is 8.74. The molecule has 1 N–H and O–H groups in total. The first-order valence-electron chi connectivity index (χ1n) is 7.04. The maximum Gasteiger partial charge on any atom is 0.410 e. The minimum atomic E-state index is -4.68. The number of benzene rings is 1. The fourth-order valence-corrected chi connectivity index (χ4v) is 2.56. The van der Waals surface area contributed by atoms with Crippen molar-refractivity contribution in [3.05, 3.63) is 35.9 Å². The van der Waals surface area contributed by atoms with Gasteiger partial charge in [0.25, 0.3) is 0 Å². The zero-order chi connectivity index (χ0) is 17.0. The summed E-state index contributed by atoms with van der Waals surface area (Å²) < 4.78 is 44.0. The maximum atomic E-state index is 13.0. The topological polar surface area (TPSA) is 66.8 Å². The van der Waals surface area contributed by atoms with Crippen molar-refractivity contribution in [3.63, 3.8) is 0 Å². The third-order valence-electron chi connectivity index (χ3n) is 3.81. The summed E-state index contributed by atoms with van der Waals surface area (Å²) in [7, 11) is 0. The molecule has 0 unspecified atom stereocenters. The summed E-state index contributed by atoms with van der Waals surface area (Å²) in [5.41, 5.74) is 0.716. The van der Waals surface area contributed by atoms with Crippen LogP contribution in [0.3, 0.4) is 0 Å². The van der Waals surface area contributed by atoms with Crippen LogP contribution in [0.5, 0.6) is 0 Å². The second kappa shape index (κ2) is 6.89. The number of carboxylic acids is 1. The lowest BCUT2D eigenvalue weighted by Crippen LogP contribution is -2.51. The number of carboxylic acid groups (broad SMARTS) is 1. The van der Waals surface area contributed by atoms with Crippen molar-refractivity contribution in [2.24, 2.45) is 11.8 Å². The van der Waals surface area contributed by atoms with E-state index in [2.05, 4.69) is 0 Å². The van der Waals surface area contributed by atoms with Gasteiger partial charge < -0.3 is 14.7 Å². The van der Waals surface area contributed by atoms with Gasteiger partial charge in [-0.1, -0.05) is 30.3 Å². The predicted molar refractivity (Wildman–Crippen MR) is 73.5 cm³/mol. The molecule has 0 aromatic heterocycles. The summed E-state index contributed by atoms with van der Waals surface area (Å²) in [4.78, 5) is 23.8. The van der Waals surface area contributed by atoms with E-state index in [0.29, 0.717) is 5.56 Å². The van der Waals surface area contributed by atoms with E-state index in [0.717, 1.165) is 4.90 Å². The molecule has 0 spiro atoms. The summed E-state index contributed by atoms with van der Waals surface area (Å²) in [6.45, 7) is -0.819. The first kappa shape index (κ1) is 17.1. The van der Waals surface area contributed by atoms with Crippen molar-refractivity contribution in [2.75, 3.05) is 13.1 Å². The van der Waals surface area contributed by atoms with Gasteiger partial charge >= 0.3 is 18.2 Å². The van der Waals surface area contributed by atoms with Crippen molar-refractivity contribution in [1.82, 2.24) is 4.90 Å². The predicted octanol–water partition coefficient (Wildman–Crippen LogP) is 2.91. The summed E-state index contributed by atoms with van der Waals surface area (Å²) in [5.74, 6) is -5.11. The average Bonchev–Trinajstić information content (AvgIpc) is 2.52. The third kappa shape index (κ3) is 4.37. The van der Waals surface area contributed by atoms with Crippen LogP contribution in [0, 0.1) is 11.8 Å². The number of likely N-dealkylation sites (tertiary alicyclic amines) is 1. The summed E-state index contributed by atoms with van der Waals surface area (Å²) in [6.07, 6.45) is -5.80. The monoisotopic (exact) mass is 331 g/mol. The van der Waals surface area contributed by atoms with Crippen LogP contribution in [0.25, 0.3) is 0 Å². The van der Waals surface area contributed by atoms with Gasteiger partial charge in [-0.05, 0) is 12.0 Å². The number of alkyl halides is 3. The molecule has 0 radical (unpaired) electrons.